The van der Waals surface area contributed by atoms with Gasteiger partial charge in [0.1, 0.15) is 45.5 Å². The number of thiophene rings is 1. The van der Waals surface area contributed by atoms with Crippen LogP contribution < -0.4 is 15.2 Å². The molecule has 1 atom stereocenters. The molecule has 2 aromatic heterocycles. The van der Waals surface area contributed by atoms with Gasteiger partial charge in [0.15, 0.2) is 0 Å². The summed E-state index contributed by atoms with van der Waals surface area (Å²) in [7, 11) is 0. The Morgan fingerprint density at radius 3 is 2.52 bits per heavy atom. The first-order valence-corrected chi connectivity index (χ1v) is 15.1. The predicted octanol–water partition coefficient (Wildman–Crippen LogP) is 7.41. The molecular weight excluding hydrogens is 599 g/mol. The Bertz CT molecular complexity index is 1620. The highest BCUT2D eigenvalue weighted by atomic mass is 35.5. The lowest BCUT2D eigenvalue weighted by Gasteiger charge is -2.33. The molecule has 0 unspecified atom stereocenters. The molecule has 12 heteroatoms. The molecule has 1 saturated heterocycles. The Morgan fingerprint density at radius 1 is 1.10 bits per heavy atom. The molecule has 1 aliphatic rings. The highest BCUT2D eigenvalue weighted by Crippen LogP contribution is 2.39. The van der Waals surface area contributed by atoms with Crippen molar-refractivity contribution >= 4 is 57.6 Å². The zero-order chi connectivity index (χ0) is 30.2. The second-order valence-corrected chi connectivity index (χ2v) is 12.9. The molecule has 2 amide bonds. The number of halogens is 2. The third kappa shape index (κ3) is 6.61. The third-order valence-electron chi connectivity index (χ3n) is 6.78. The van der Waals surface area contributed by atoms with Crippen molar-refractivity contribution in [2.24, 2.45) is 5.73 Å². The number of fused-ring (bicyclic) bond motifs is 1. The van der Waals surface area contributed by atoms with E-state index >= 15 is 0 Å². The number of nitrogens with two attached hydrogens (primary N) is 1. The third-order valence-corrected chi connectivity index (χ3v) is 8.55. The smallest absolute Gasteiger partial charge is 0.410 e. The zero-order valence-corrected chi connectivity index (χ0v) is 26.1. The van der Waals surface area contributed by atoms with E-state index in [4.69, 9.17) is 43.1 Å². The highest BCUT2D eigenvalue weighted by Gasteiger charge is 2.29. The fourth-order valence-electron chi connectivity index (χ4n) is 4.75. The van der Waals surface area contributed by atoms with Gasteiger partial charge in [0.2, 0.25) is 0 Å². The van der Waals surface area contributed by atoms with E-state index in [-0.39, 0.29) is 17.1 Å². The Hall–Kier alpha value is -3.47. The summed E-state index contributed by atoms with van der Waals surface area (Å²) in [5.41, 5.74) is 7.44. The molecule has 1 aliphatic heterocycles. The van der Waals surface area contributed by atoms with Crippen LogP contribution in [0, 0.1) is 0 Å². The van der Waals surface area contributed by atoms with E-state index in [0.717, 1.165) is 16.0 Å². The number of amides is 2. The van der Waals surface area contributed by atoms with E-state index in [1.54, 1.807) is 29.4 Å². The molecular formula is C30H32Cl2N4O5S. The van der Waals surface area contributed by atoms with E-state index in [0.29, 0.717) is 53.0 Å². The normalized spacial score (nSPS) is 15.0. The van der Waals surface area contributed by atoms with Gasteiger partial charge in [0, 0.05) is 42.6 Å². The molecule has 222 valence electrons. The van der Waals surface area contributed by atoms with Crippen molar-refractivity contribution in [1.29, 1.82) is 0 Å². The Balaban J connectivity index is 1.29. The molecule has 1 fully saturated rings. The van der Waals surface area contributed by atoms with Crippen LogP contribution in [-0.4, -0.2) is 51.2 Å². The van der Waals surface area contributed by atoms with Crippen LogP contribution in [0.1, 0.15) is 61.9 Å². The maximum atomic E-state index is 12.4. The largest absolute Gasteiger partial charge is 0.489 e. The molecule has 3 heterocycles. The molecule has 2 N–H and O–H groups in total. The second kappa shape index (κ2) is 12.0. The number of rotatable bonds is 7. The standard InChI is InChI=1S/C30H32Cl2N4O5S/c1-17(39-24-15-25(42-27(24)28(33)37)36-16-34-21-14-18(31)8-9-22(21)36)20-6-5-7-23(26(20)32)40-19-10-12-35(13-11-19)29(38)41-30(2,3)4/h5-9,14-17,19H,10-13H2,1-4H3,(H2,33,37)/t17-/m1/s1. The molecule has 0 radical (unpaired) electrons. The minimum atomic E-state index is -0.596. The number of benzene rings is 2. The van der Waals surface area contributed by atoms with E-state index in [1.807, 2.05) is 56.5 Å². The van der Waals surface area contributed by atoms with Crippen LogP contribution in [0.25, 0.3) is 16.0 Å². The van der Waals surface area contributed by atoms with Crippen molar-refractivity contribution in [2.75, 3.05) is 13.1 Å². The van der Waals surface area contributed by atoms with Crippen LogP contribution in [0.4, 0.5) is 4.79 Å². The quantitative estimate of drug-likeness (QED) is 0.228. The number of carbonyl (C=O) groups excluding carboxylic acids is 2. The number of aromatic nitrogens is 2. The van der Waals surface area contributed by atoms with Crippen LogP contribution in [-0.2, 0) is 4.74 Å². The lowest BCUT2D eigenvalue weighted by molar-refractivity contribution is 0.0126. The number of hydrogen-bond donors (Lipinski definition) is 1. The minimum absolute atomic E-state index is 0.103. The van der Waals surface area contributed by atoms with Gasteiger partial charge in [-0.2, -0.15) is 0 Å². The van der Waals surface area contributed by atoms with Gasteiger partial charge < -0.3 is 24.8 Å². The number of nitrogens with zero attached hydrogens (tertiary/aromatic N) is 3. The molecule has 2 aromatic carbocycles. The fourth-order valence-corrected chi connectivity index (χ4v) is 6.17. The summed E-state index contributed by atoms with van der Waals surface area (Å²) in [5, 5.41) is 1.73. The van der Waals surface area contributed by atoms with Crippen molar-refractivity contribution in [3.05, 3.63) is 69.3 Å². The number of hydrogen-bond acceptors (Lipinski definition) is 7. The van der Waals surface area contributed by atoms with Gasteiger partial charge in [-0.05, 0) is 52.0 Å². The molecule has 0 aliphatic carbocycles. The summed E-state index contributed by atoms with van der Waals surface area (Å²) in [6, 6.07) is 12.7. The Labute approximate surface area is 258 Å². The second-order valence-electron chi connectivity index (χ2n) is 11.1. The van der Waals surface area contributed by atoms with Gasteiger partial charge in [-0.15, -0.1) is 11.3 Å². The zero-order valence-electron chi connectivity index (χ0n) is 23.7. The van der Waals surface area contributed by atoms with Crippen molar-refractivity contribution in [3.63, 3.8) is 0 Å². The van der Waals surface area contributed by atoms with E-state index in [1.165, 1.54) is 11.3 Å². The van der Waals surface area contributed by atoms with Gasteiger partial charge in [0.25, 0.3) is 5.91 Å². The van der Waals surface area contributed by atoms with Gasteiger partial charge in [-0.1, -0.05) is 35.3 Å². The average Bonchev–Trinajstić information content (AvgIpc) is 3.53. The minimum Gasteiger partial charge on any atom is -0.489 e. The van der Waals surface area contributed by atoms with Gasteiger partial charge in [-0.25, -0.2) is 9.78 Å². The van der Waals surface area contributed by atoms with Crippen LogP contribution in [0.15, 0.2) is 48.8 Å². The summed E-state index contributed by atoms with van der Waals surface area (Å²) in [4.78, 5) is 31.1. The fraction of sp³-hybridized carbons (Fsp3) is 0.367. The monoisotopic (exact) mass is 630 g/mol. The predicted molar refractivity (Wildman–Crippen MR) is 164 cm³/mol. The van der Waals surface area contributed by atoms with E-state index < -0.39 is 17.6 Å². The number of primary amides is 1. The molecule has 0 bridgehead atoms. The number of carbonyl (C=O) groups is 2. The summed E-state index contributed by atoms with van der Waals surface area (Å²) in [6.07, 6.45) is 2.04. The highest BCUT2D eigenvalue weighted by molar-refractivity contribution is 7.16. The molecule has 5 rings (SSSR count). The Morgan fingerprint density at radius 2 is 1.83 bits per heavy atom. The lowest BCUT2D eigenvalue weighted by Crippen LogP contribution is -2.44. The number of piperidine rings is 1. The van der Waals surface area contributed by atoms with Crippen molar-refractivity contribution in [2.45, 2.75) is 58.3 Å². The summed E-state index contributed by atoms with van der Waals surface area (Å²) >= 11 is 14.1. The van der Waals surface area contributed by atoms with Gasteiger partial charge in [-0.3, -0.25) is 9.36 Å². The number of ether oxygens (including phenoxy) is 3. The average molecular weight is 632 g/mol. The molecule has 0 spiro atoms. The van der Waals surface area contributed by atoms with Gasteiger partial charge in [0.05, 0.1) is 16.1 Å². The van der Waals surface area contributed by atoms with Crippen molar-refractivity contribution in [1.82, 2.24) is 14.5 Å². The topological polar surface area (TPSA) is 109 Å². The first kappa shape index (κ1) is 30.0. The first-order chi connectivity index (χ1) is 19.9. The molecule has 4 aromatic rings. The van der Waals surface area contributed by atoms with Crippen LogP contribution in [0.5, 0.6) is 11.5 Å². The Kier molecular flexibility index (Phi) is 8.59. The van der Waals surface area contributed by atoms with Crippen molar-refractivity contribution in [3.8, 4) is 16.5 Å². The summed E-state index contributed by atoms with van der Waals surface area (Å²) in [6.45, 7) is 8.47. The van der Waals surface area contributed by atoms with Crippen LogP contribution in [0.3, 0.4) is 0 Å². The van der Waals surface area contributed by atoms with Crippen LogP contribution >= 0.6 is 34.5 Å². The van der Waals surface area contributed by atoms with Gasteiger partial charge >= 0.3 is 6.09 Å². The maximum absolute atomic E-state index is 12.4. The van der Waals surface area contributed by atoms with Crippen LogP contribution in [0.2, 0.25) is 10.0 Å². The summed E-state index contributed by atoms with van der Waals surface area (Å²) < 4.78 is 19.9. The number of likely N-dealkylation sites (tertiary alicyclic amines) is 1. The summed E-state index contributed by atoms with van der Waals surface area (Å²) in [5.74, 6) is 0.287. The first-order valence-electron chi connectivity index (χ1n) is 13.6. The van der Waals surface area contributed by atoms with E-state index in [9.17, 15) is 9.59 Å². The molecule has 42 heavy (non-hydrogen) atoms. The number of imidazole rings is 1. The molecule has 9 nitrogen and oxygen atoms in total. The lowest BCUT2D eigenvalue weighted by atomic mass is 10.1. The molecule has 0 saturated carbocycles. The maximum Gasteiger partial charge on any atom is 0.410 e. The van der Waals surface area contributed by atoms with E-state index in [2.05, 4.69) is 4.98 Å². The van der Waals surface area contributed by atoms with Crippen molar-refractivity contribution < 1.29 is 23.8 Å². The SMILES string of the molecule is C[C@@H](Oc1cc(-n2cnc3cc(Cl)ccc32)sc1C(N)=O)c1cccc(OC2CCN(C(=O)OC(C)(C)C)CC2)c1Cl.